The van der Waals surface area contributed by atoms with Gasteiger partial charge in [0, 0.05) is 5.02 Å². The highest BCUT2D eigenvalue weighted by molar-refractivity contribution is 6.30. The smallest absolute Gasteiger partial charge is 0.340 e. The maximum absolute atomic E-state index is 11.7. The van der Waals surface area contributed by atoms with E-state index >= 15 is 0 Å². The topological polar surface area (TPSA) is 44.8 Å². The van der Waals surface area contributed by atoms with E-state index in [4.69, 9.17) is 37.4 Å². The van der Waals surface area contributed by atoms with Crippen molar-refractivity contribution >= 4 is 29.2 Å². The highest BCUT2D eigenvalue weighted by atomic mass is 35.5. The Morgan fingerprint density at radius 2 is 2.35 bits per heavy atom. The molecule has 6 heteroatoms. The minimum Gasteiger partial charge on any atom is -0.429 e. The lowest BCUT2D eigenvalue weighted by Crippen LogP contribution is -2.21. The van der Waals surface area contributed by atoms with Crippen LogP contribution in [0.5, 0.6) is 0 Å². The first-order valence-electron chi connectivity index (χ1n) is 4.98. The molecule has 0 N–H and O–H groups in total. The zero-order chi connectivity index (χ0) is 12.3. The molecule has 1 aromatic rings. The number of hydrogen-bond acceptors (Lipinski definition) is 4. The highest BCUT2D eigenvalue weighted by Crippen LogP contribution is 2.17. The van der Waals surface area contributed by atoms with Gasteiger partial charge in [-0.1, -0.05) is 17.7 Å². The Morgan fingerprint density at radius 3 is 3.00 bits per heavy atom. The van der Waals surface area contributed by atoms with Crippen molar-refractivity contribution in [3.63, 3.8) is 0 Å². The van der Waals surface area contributed by atoms with Gasteiger partial charge in [0.1, 0.15) is 6.61 Å². The average Bonchev–Trinajstić information content (AvgIpc) is 2.77. The number of esters is 1. The van der Waals surface area contributed by atoms with Gasteiger partial charge >= 0.3 is 5.97 Å². The number of carbonyl (C=O) groups is 1. The molecular weight excluding hydrogens is 267 g/mol. The van der Waals surface area contributed by atoms with Crippen LogP contribution in [0.15, 0.2) is 24.3 Å². The molecular formula is C11H10Cl2O4. The van der Waals surface area contributed by atoms with Gasteiger partial charge in [0.05, 0.1) is 11.4 Å². The van der Waals surface area contributed by atoms with E-state index in [1.807, 2.05) is 0 Å². The number of rotatable bonds is 3. The fourth-order valence-corrected chi connectivity index (χ4v) is 1.73. The summed E-state index contributed by atoms with van der Waals surface area (Å²) < 4.78 is 15.4. The van der Waals surface area contributed by atoms with Crippen LogP contribution >= 0.6 is 23.2 Å². The lowest BCUT2D eigenvalue weighted by Gasteiger charge is -2.10. The minimum atomic E-state index is -0.717. The van der Waals surface area contributed by atoms with Gasteiger partial charge in [-0.2, -0.15) is 0 Å². The van der Waals surface area contributed by atoms with Crippen LogP contribution in [0.1, 0.15) is 10.4 Å². The van der Waals surface area contributed by atoms with Crippen LogP contribution in [0.4, 0.5) is 0 Å². The second kappa shape index (κ2) is 5.69. The normalized spacial score (nSPS) is 23.6. The monoisotopic (exact) mass is 276 g/mol. The standard InChI is InChI=1S/C11H10Cl2O4/c12-5-9-15-6-10(16-9)17-11(14)7-2-1-3-8(13)4-7/h1-4,9-10H,5-6H2/t9-,10-/m1/s1. The third kappa shape index (κ3) is 3.33. The van der Waals surface area contributed by atoms with Crippen molar-refractivity contribution < 1.29 is 19.0 Å². The Hall–Kier alpha value is -0.810. The number of benzene rings is 1. The van der Waals surface area contributed by atoms with Crippen molar-refractivity contribution in [2.24, 2.45) is 0 Å². The average molecular weight is 277 g/mol. The number of hydrogen-bond donors (Lipinski definition) is 0. The quantitative estimate of drug-likeness (QED) is 0.628. The van der Waals surface area contributed by atoms with Gasteiger partial charge in [-0.25, -0.2) is 4.79 Å². The van der Waals surface area contributed by atoms with Crippen LogP contribution in [0.2, 0.25) is 5.02 Å². The zero-order valence-electron chi connectivity index (χ0n) is 8.77. The Morgan fingerprint density at radius 1 is 1.53 bits per heavy atom. The molecule has 0 aromatic heterocycles. The van der Waals surface area contributed by atoms with Gasteiger partial charge in [0.25, 0.3) is 0 Å². The van der Waals surface area contributed by atoms with Crippen molar-refractivity contribution in [3.05, 3.63) is 34.9 Å². The molecule has 1 aliphatic rings. The first-order valence-corrected chi connectivity index (χ1v) is 5.90. The summed E-state index contributed by atoms with van der Waals surface area (Å²) in [5.41, 5.74) is 0.371. The molecule has 1 saturated heterocycles. The predicted molar refractivity (Wildman–Crippen MR) is 62.2 cm³/mol. The van der Waals surface area contributed by atoms with Crippen LogP contribution in [-0.4, -0.2) is 31.0 Å². The largest absolute Gasteiger partial charge is 0.429 e. The molecule has 1 heterocycles. The molecule has 2 atom stereocenters. The van der Waals surface area contributed by atoms with Crippen LogP contribution < -0.4 is 0 Å². The number of ether oxygens (including phenoxy) is 3. The molecule has 1 aromatic carbocycles. The molecule has 17 heavy (non-hydrogen) atoms. The number of alkyl halides is 1. The minimum absolute atomic E-state index is 0.184. The maximum atomic E-state index is 11.7. The molecule has 0 spiro atoms. The Labute approximate surface area is 108 Å². The molecule has 0 saturated carbocycles. The second-order valence-corrected chi connectivity index (χ2v) is 4.14. The van der Waals surface area contributed by atoms with Crippen molar-refractivity contribution in [1.29, 1.82) is 0 Å². The summed E-state index contributed by atoms with van der Waals surface area (Å²) in [6.07, 6.45) is -1.24. The van der Waals surface area contributed by atoms with Crippen molar-refractivity contribution in [2.75, 3.05) is 12.5 Å². The lowest BCUT2D eigenvalue weighted by atomic mass is 10.2. The fourth-order valence-electron chi connectivity index (χ4n) is 1.38. The van der Waals surface area contributed by atoms with Crippen LogP contribution in [0.3, 0.4) is 0 Å². The van der Waals surface area contributed by atoms with Gasteiger partial charge in [-0.15, -0.1) is 11.6 Å². The first-order chi connectivity index (χ1) is 8.19. The number of carbonyl (C=O) groups excluding carboxylic acids is 1. The Bertz CT molecular complexity index is 410. The van der Waals surface area contributed by atoms with E-state index in [1.54, 1.807) is 18.2 Å². The molecule has 4 nitrogen and oxygen atoms in total. The van der Waals surface area contributed by atoms with E-state index in [1.165, 1.54) is 6.07 Å². The van der Waals surface area contributed by atoms with Gasteiger partial charge in [0.15, 0.2) is 6.29 Å². The summed E-state index contributed by atoms with van der Waals surface area (Å²) in [4.78, 5) is 11.7. The van der Waals surface area contributed by atoms with E-state index in [0.29, 0.717) is 10.6 Å². The van der Waals surface area contributed by atoms with Crippen LogP contribution in [0, 0.1) is 0 Å². The number of halogens is 2. The summed E-state index contributed by atoms with van der Waals surface area (Å²) in [5.74, 6) is -0.304. The van der Waals surface area contributed by atoms with E-state index in [0.717, 1.165) is 0 Å². The third-order valence-corrected chi connectivity index (χ3v) is 2.63. The Kier molecular flexibility index (Phi) is 4.23. The fraction of sp³-hybridized carbons (Fsp3) is 0.364. The summed E-state index contributed by atoms with van der Waals surface area (Å²) in [5, 5.41) is 0.474. The van der Waals surface area contributed by atoms with Crippen molar-refractivity contribution in [3.8, 4) is 0 Å². The molecule has 0 radical (unpaired) electrons. The maximum Gasteiger partial charge on any atom is 0.340 e. The summed E-state index contributed by atoms with van der Waals surface area (Å²) >= 11 is 11.3. The first kappa shape index (κ1) is 12.6. The summed E-state index contributed by atoms with van der Waals surface area (Å²) in [6.45, 7) is 0.184. The van der Waals surface area contributed by atoms with Gasteiger partial charge < -0.3 is 14.2 Å². The summed E-state index contributed by atoms with van der Waals surface area (Å²) in [6, 6.07) is 6.49. The highest BCUT2D eigenvalue weighted by Gasteiger charge is 2.28. The van der Waals surface area contributed by atoms with Crippen LogP contribution in [0.25, 0.3) is 0 Å². The predicted octanol–water partition coefficient (Wildman–Crippen LogP) is 2.43. The van der Waals surface area contributed by atoms with Gasteiger partial charge in [0.2, 0.25) is 6.29 Å². The molecule has 0 amide bonds. The molecule has 1 aliphatic heterocycles. The molecule has 0 aliphatic carbocycles. The van der Waals surface area contributed by atoms with Crippen molar-refractivity contribution in [2.45, 2.75) is 12.6 Å². The second-order valence-electron chi connectivity index (χ2n) is 3.40. The van der Waals surface area contributed by atoms with Crippen LogP contribution in [-0.2, 0) is 14.2 Å². The molecule has 92 valence electrons. The summed E-state index contributed by atoms with van der Waals surface area (Å²) in [7, 11) is 0. The van der Waals surface area contributed by atoms with Gasteiger partial charge in [-0.3, -0.25) is 0 Å². The van der Waals surface area contributed by atoms with E-state index < -0.39 is 18.5 Å². The van der Waals surface area contributed by atoms with Gasteiger partial charge in [-0.05, 0) is 18.2 Å². The van der Waals surface area contributed by atoms with E-state index in [-0.39, 0.29) is 12.5 Å². The SMILES string of the molecule is O=C(O[C@@H]1CO[C@@H](CCl)O1)c1cccc(Cl)c1. The molecule has 2 rings (SSSR count). The Balaban J connectivity index is 1.94. The molecule has 0 unspecified atom stereocenters. The lowest BCUT2D eigenvalue weighted by molar-refractivity contribution is -0.110. The molecule has 0 bridgehead atoms. The van der Waals surface area contributed by atoms with Crippen molar-refractivity contribution in [1.82, 2.24) is 0 Å². The zero-order valence-corrected chi connectivity index (χ0v) is 10.3. The van der Waals surface area contributed by atoms with E-state index in [9.17, 15) is 4.79 Å². The van der Waals surface area contributed by atoms with E-state index in [2.05, 4.69) is 0 Å². The third-order valence-electron chi connectivity index (χ3n) is 2.15. The molecule has 1 fully saturated rings.